The molecular formula is C28H33F2N5O4. The Labute approximate surface area is 225 Å². The van der Waals surface area contributed by atoms with Crippen molar-refractivity contribution in [2.24, 2.45) is 11.8 Å². The van der Waals surface area contributed by atoms with E-state index in [1.54, 1.807) is 13.0 Å². The summed E-state index contributed by atoms with van der Waals surface area (Å²) in [5.74, 6) is 0.615. The van der Waals surface area contributed by atoms with Crippen LogP contribution in [0.5, 0.6) is 5.75 Å². The van der Waals surface area contributed by atoms with E-state index in [-0.39, 0.29) is 42.0 Å². The fourth-order valence-corrected chi connectivity index (χ4v) is 5.30. The number of alkyl halides is 2. The van der Waals surface area contributed by atoms with Gasteiger partial charge in [0.15, 0.2) is 0 Å². The highest BCUT2D eigenvalue weighted by Gasteiger charge is 2.34. The monoisotopic (exact) mass is 541 g/mol. The number of hydrogen-bond acceptors (Lipinski definition) is 6. The molecule has 208 valence electrons. The second kappa shape index (κ2) is 11.3. The van der Waals surface area contributed by atoms with Gasteiger partial charge in [-0.05, 0) is 62.6 Å². The maximum atomic E-state index is 13.6. The zero-order valence-electron chi connectivity index (χ0n) is 22.2. The molecule has 2 amide bonds. The van der Waals surface area contributed by atoms with E-state index in [4.69, 9.17) is 9.47 Å². The van der Waals surface area contributed by atoms with Crippen molar-refractivity contribution in [3.8, 4) is 17.0 Å². The Morgan fingerprint density at radius 1 is 1.18 bits per heavy atom. The minimum absolute atomic E-state index is 0.00790. The number of aromatic amines is 1. The molecule has 0 radical (unpaired) electrons. The molecule has 2 fully saturated rings. The van der Waals surface area contributed by atoms with Crippen LogP contribution < -0.4 is 15.4 Å². The lowest BCUT2D eigenvalue weighted by molar-refractivity contribution is -0.125. The van der Waals surface area contributed by atoms with E-state index in [2.05, 4.69) is 25.6 Å². The highest BCUT2D eigenvalue weighted by Crippen LogP contribution is 2.38. The number of benzene rings is 1. The molecule has 2 aromatic heterocycles. The van der Waals surface area contributed by atoms with E-state index < -0.39 is 6.43 Å². The number of H-pyrrole nitrogens is 1. The molecule has 1 aromatic carbocycles. The smallest absolute Gasteiger partial charge is 0.263 e. The summed E-state index contributed by atoms with van der Waals surface area (Å²) < 4.78 is 38.1. The molecule has 3 atom stereocenters. The predicted molar refractivity (Wildman–Crippen MR) is 141 cm³/mol. The van der Waals surface area contributed by atoms with E-state index in [0.29, 0.717) is 58.2 Å². The van der Waals surface area contributed by atoms with Crippen LogP contribution in [0.25, 0.3) is 22.3 Å². The molecule has 3 aromatic rings. The van der Waals surface area contributed by atoms with Crippen LogP contribution in [0.2, 0.25) is 0 Å². The van der Waals surface area contributed by atoms with E-state index in [1.165, 1.54) is 25.6 Å². The number of aromatic nitrogens is 3. The Morgan fingerprint density at radius 3 is 2.69 bits per heavy atom. The number of carbonyl (C=O) groups excluding carboxylic acids is 2. The number of ether oxygens (including phenoxy) is 2. The summed E-state index contributed by atoms with van der Waals surface area (Å²) in [5.41, 5.74) is 2.52. The summed E-state index contributed by atoms with van der Waals surface area (Å²) in [6, 6.07) is 4.12. The highest BCUT2D eigenvalue weighted by atomic mass is 19.3. The van der Waals surface area contributed by atoms with Crippen molar-refractivity contribution in [1.82, 2.24) is 25.6 Å². The van der Waals surface area contributed by atoms with Crippen LogP contribution in [0.3, 0.4) is 0 Å². The van der Waals surface area contributed by atoms with Crippen LogP contribution in [-0.2, 0) is 9.53 Å². The maximum Gasteiger partial charge on any atom is 0.263 e. The van der Waals surface area contributed by atoms with E-state index in [1.807, 2.05) is 6.92 Å². The van der Waals surface area contributed by atoms with Crippen molar-refractivity contribution >= 4 is 22.8 Å². The van der Waals surface area contributed by atoms with Gasteiger partial charge in [-0.2, -0.15) is 0 Å². The Morgan fingerprint density at radius 2 is 1.97 bits per heavy atom. The molecule has 2 heterocycles. The first kappa shape index (κ1) is 27.0. The molecule has 3 N–H and O–H groups in total. The number of rotatable bonds is 10. The molecule has 5 rings (SSSR count). The lowest BCUT2D eigenvalue weighted by Gasteiger charge is -2.17. The maximum absolute atomic E-state index is 13.6. The summed E-state index contributed by atoms with van der Waals surface area (Å²) in [6.45, 7) is 4.31. The van der Waals surface area contributed by atoms with Crippen molar-refractivity contribution in [3.05, 3.63) is 41.3 Å². The first-order chi connectivity index (χ1) is 18.7. The molecule has 39 heavy (non-hydrogen) atoms. The Hall–Kier alpha value is -3.60. The first-order valence-electron chi connectivity index (χ1n) is 13.2. The summed E-state index contributed by atoms with van der Waals surface area (Å²) >= 11 is 0. The normalized spacial score (nSPS) is 20.9. The number of hydrogen-bond donors (Lipinski definition) is 3. The lowest BCUT2D eigenvalue weighted by Crippen LogP contribution is -2.39. The molecule has 0 aliphatic heterocycles. The number of methoxy groups -OCH3 is 1. The topological polar surface area (TPSA) is 118 Å². The molecule has 2 saturated carbocycles. The van der Waals surface area contributed by atoms with Crippen LogP contribution >= 0.6 is 0 Å². The molecule has 11 heteroatoms. The number of carbonyl (C=O) groups is 2. The van der Waals surface area contributed by atoms with Crippen molar-refractivity contribution in [2.45, 2.75) is 58.0 Å². The number of fused-ring (bicyclic) bond motifs is 1. The summed E-state index contributed by atoms with van der Waals surface area (Å²) in [4.78, 5) is 37.4. The summed E-state index contributed by atoms with van der Waals surface area (Å²) in [6.07, 6.45) is 2.21. The average molecular weight is 542 g/mol. The van der Waals surface area contributed by atoms with Crippen LogP contribution in [-0.4, -0.2) is 59.2 Å². The van der Waals surface area contributed by atoms with Gasteiger partial charge in [-0.1, -0.05) is 6.92 Å². The van der Waals surface area contributed by atoms with Crippen LogP contribution in [0, 0.1) is 18.8 Å². The van der Waals surface area contributed by atoms with Crippen molar-refractivity contribution in [2.75, 3.05) is 20.3 Å². The fourth-order valence-electron chi connectivity index (χ4n) is 5.30. The molecule has 3 unspecified atom stereocenters. The Balaban J connectivity index is 1.42. The van der Waals surface area contributed by atoms with Gasteiger partial charge < -0.3 is 25.1 Å². The SMILES string of the molecule is COCC(=O)NC1CC(C)C(NC(=O)c2c(C)[nH]c3c(-c4cc(C(F)F)ccc4OCC4CC4)ncnc23)C1. The van der Waals surface area contributed by atoms with Crippen LogP contribution in [0.15, 0.2) is 24.5 Å². The van der Waals surface area contributed by atoms with E-state index in [9.17, 15) is 18.4 Å². The molecule has 2 aliphatic rings. The van der Waals surface area contributed by atoms with Gasteiger partial charge in [-0.15, -0.1) is 0 Å². The molecule has 0 spiro atoms. The van der Waals surface area contributed by atoms with Gasteiger partial charge in [-0.25, -0.2) is 18.7 Å². The standard InChI is InChI=1S/C28H33F2N5O4/c1-14-8-18(34-22(36)12-38-3)10-20(14)35-28(37)23-15(2)33-26-24(31-13-32-25(23)26)19-9-17(27(29)30)6-7-21(19)39-11-16-4-5-16/h6-7,9,13-14,16,18,20,27,33H,4-5,8,10-12H2,1-3H3,(H,34,36)(H,35,37). The van der Waals surface area contributed by atoms with Gasteiger partial charge in [0.1, 0.15) is 29.9 Å². The second-order valence-electron chi connectivity index (χ2n) is 10.6. The average Bonchev–Trinajstić information content (AvgIpc) is 3.57. The quantitative estimate of drug-likeness (QED) is 0.352. The lowest BCUT2D eigenvalue weighted by atomic mass is 10.0. The molecule has 9 nitrogen and oxygen atoms in total. The van der Waals surface area contributed by atoms with Crippen LogP contribution in [0.4, 0.5) is 8.78 Å². The number of halogens is 2. The third-order valence-electron chi connectivity index (χ3n) is 7.52. The van der Waals surface area contributed by atoms with Crippen molar-refractivity contribution in [1.29, 1.82) is 0 Å². The molecule has 0 bridgehead atoms. The number of amides is 2. The van der Waals surface area contributed by atoms with Gasteiger partial charge in [0.25, 0.3) is 12.3 Å². The minimum atomic E-state index is -2.65. The number of nitrogens with zero attached hydrogens (tertiary/aromatic N) is 2. The van der Waals surface area contributed by atoms with Crippen molar-refractivity contribution < 1.29 is 27.8 Å². The number of nitrogens with one attached hydrogen (secondary N) is 3. The van der Waals surface area contributed by atoms with Crippen LogP contribution in [0.1, 0.15) is 60.6 Å². The molecule has 2 aliphatic carbocycles. The third kappa shape index (κ3) is 5.88. The number of aryl methyl sites for hydroxylation is 1. The summed E-state index contributed by atoms with van der Waals surface area (Å²) in [5, 5.41) is 6.05. The first-order valence-corrected chi connectivity index (χ1v) is 13.2. The van der Waals surface area contributed by atoms with E-state index >= 15 is 0 Å². The minimum Gasteiger partial charge on any atom is -0.493 e. The predicted octanol–water partition coefficient (Wildman–Crippen LogP) is 4.32. The zero-order valence-corrected chi connectivity index (χ0v) is 22.2. The summed E-state index contributed by atoms with van der Waals surface area (Å²) in [7, 11) is 1.47. The van der Waals surface area contributed by atoms with Gasteiger partial charge in [0.05, 0.1) is 17.7 Å². The highest BCUT2D eigenvalue weighted by molar-refractivity contribution is 6.09. The Kier molecular flexibility index (Phi) is 7.79. The van der Waals surface area contributed by atoms with Gasteiger partial charge >= 0.3 is 0 Å². The zero-order chi connectivity index (χ0) is 27.7. The fraction of sp³-hybridized carbons (Fsp3) is 0.500. The van der Waals surface area contributed by atoms with Crippen molar-refractivity contribution in [3.63, 3.8) is 0 Å². The van der Waals surface area contributed by atoms with Gasteiger partial charge in [0.2, 0.25) is 5.91 Å². The Bertz CT molecular complexity index is 1370. The van der Waals surface area contributed by atoms with Gasteiger partial charge in [-0.3, -0.25) is 9.59 Å². The largest absolute Gasteiger partial charge is 0.493 e. The third-order valence-corrected chi connectivity index (χ3v) is 7.52. The second-order valence-corrected chi connectivity index (χ2v) is 10.6. The molecule has 0 saturated heterocycles. The van der Waals surface area contributed by atoms with Gasteiger partial charge in [0, 0.05) is 36.0 Å². The molecular weight excluding hydrogens is 508 g/mol. The van der Waals surface area contributed by atoms with E-state index in [0.717, 1.165) is 19.3 Å².